The van der Waals surface area contributed by atoms with Gasteiger partial charge in [0.05, 0.1) is 18.0 Å². The zero-order valence-electron chi connectivity index (χ0n) is 17.5. The molecule has 0 saturated heterocycles. The SMILES string of the molecule is CCOc1ccccc1NC(=O)Cn1cnc2c(nnn2-c2ccc(C)c(C)c2)c1=O. The van der Waals surface area contributed by atoms with Crippen LogP contribution in [-0.2, 0) is 11.3 Å². The lowest BCUT2D eigenvalue weighted by Crippen LogP contribution is -2.28. The third-order valence-corrected chi connectivity index (χ3v) is 4.94. The Bertz CT molecular complexity index is 1320. The number of aryl methyl sites for hydroxylation is 2. The van der Waals surface area contributed by atoms with Crippen molar-refractivity contribution >= 4 is 22.8 Å². The zero-order valence-corrected chi connectivity index (χ0v) is 17.5. The topological polar surface area (TPSA) is 104 Å². The number of nitrogens with one attached hydrogen (secondary N) is 1. The second-order valence-corrected chi connectivity index (χ2v) is 7.10. The lowest BCUT2D eigenvalue weighted by atomic mass is 10.1. The largest absolute Gasteiger partial charge is 0.492 e. The molecule has 4 aromatic rings. The van der Waals surface area contributed by atoms with E-state index in [1.165, 1.54) is 15.6 Å². The lowest BCUT2D eigenvalue weighted by molar-refractivity contribution is -0.116. The number of nitrogens with zero attached hydrogens (tertiary/aromatic N) is 5. The van der Waals surface area contributed by atoms with E-state index in [9.17, 15) is 9.59 Å². The third kappa shape index (κ3) is 4.02. The van der Waals surface area contributed by atoms with E-state index in [0.717, 1.165) is 16.8 Å². The van der Waals surface area contributed by atoms with Gasteiger partial charge < -0.3 is 10.1 Å². The first-order valence-electron chi connectivity index (χ1n) is 9.88. The van der Waals surface area contributed by atoms with Crippen molar-refractivity contribution in [3.05, 3.63) is 70.3 Å². The minimum atomic E-state index is -0.437. The third-order valence-electron chi connectivity index (χ3n) is 4.94. The average molecular weight is 418 g/mol. The summed E-state index contributed by atoms with van der Waals surface area (Å²) in [7, 11) is 0. The van der Waals surface area contributed by atoms with E-state index in [1.54, 1.807) is 18.2 Å². The molecule has 2 aromatic heterocycles. The van der Waals surface area contributed by atoms with Crippen molar-refractivity contribution in [1.29, 1.82) is 0 Å². The number of hydrogen-bond acceptors (Lipinski definition) is 6. The molecule has 4 rings (SSSR count). The summed E-state index contributed by atoms with van der Waals surface area (Å²) in [5.74, 6) is 0.188. The van der Waals surface area contributed by atoms with Gasteiger partial charge in [-0.2, -0.15) is 4.68 Å². The van der Waals surface area contributed by atoms with Crippen LogP contribution in [0.4, 0.5) is 5.69 Å². The van der Waals surface area contributed by atoms with E-state index in [1.807, 2.05) is 45.0 Å². The molecular weight excluding hydrogens is 396 g/mol. The highest BCUT2D eigenvalue weighted by Crippen LogP contribution is 2.23. The van der Waals surface area contributed by atoms with E-state index in [-0.39, 0.29) is 18.0 Å². The van der Waals surface area contributed by atoms with E-state index >= 15 is 0 Å². The van der Waals surface area contributed by atoms with Crippen LogP contribution in [0.15, 0.2) is 53.6 Å². The summed E-state index contributed by atoms with van der Waals surface area (Å²) in [4.78, 5) is 29.7. The number of rotatable bonds is 6. The predicted octanol–water partition coefficient (Wildman–Crippen LogP) is 2.63. The van der Waals surface area contributed by atoms with Crippen LogP contribution in [0.5, 0.6) is 5.75 Å². The fraction of sp³-hybridized carbons (Fsp3) is 0.227. The van der Waals surface area contributed by atoms with Crippen molar-refractivity contribution in [3.8, 4) is 11.4 Å². The molecule has 0 unspecified atom stereocenters. The Balaban J connectivity index is 1.60. The minimum absolute atomic E-state index is 0.100. The van der Waals surface area contributed by atoms with Crippen LogP contribution in [-0.4, -0.2) is 37.1 Å². The van der Waals surface area contributed by atoms with Crippen LogP contribution in [0, 0.1) is 13.8 Å². The Labute approximate surface area is 178 Å². The van der Waals surface area contributed by atoms with Crippen LogP contribution in [0.1, 0.15) is 18.1 Å². The quantitative estimate of drug-likeness (QED) is 0.516. The normalized spacial score (nSPS) is 10.9. The Morgan fingerprint density at radius 3 is 2.71 bits per heavy atom. The number of ether oxygens (including phenoxy) is 1. The first-order chi connectivity index (χ1) is 15.0. The van der Waals surface area contributed by atoms with Gasteiger partial charge in [-0.3, -0.25) is 14.2 Å². The molecule has 2 aromatic carbocycles. The first kappa shape index (κ1) is 20.3. The van der Waals surface area contributed by atoms with Crippen LogP contribution in [0.3, 0.4) is 0 Å². The number of amides is 1. The number of aromatic nitrogens is 5. The smallest absolute Gasteiger partial charge is 0.284 e. The standard InChI is InChI=1S/C22H22N6O3/c1-4-31-18-8-6-5-7-17(18)24-19(29)12-27-13-23-21-20(22(27)30)25-26-28(21)16-10-9-14(2)15(3)11-16/h5-11,13H,4,12H2,1-3H3,(H,24,29). The van der Waals surface area contributed by atoms with Gasteiger partial charge in [-0.1, -0.05) is 23.4 Å². The van der Waals surface area contributed by atoms with Gasteiger partial charge in [0.1, 0.15) is 18.6 Å². The molecule has 31 heavy (non-hydrogen) atoms. The van der Waals surface area contributed by atoms with Crippen LogP contribution in [0.2, 0.25) is 0 Å². The maximum absolute atomic E-state index is 12.9. The number of para-hydroxylation sites is 2. The molecule has 0 radical (unpaired) electrons. The molecule has 0 aliphatic carbocycles. The molecule has 9 heteroatoms. The van der Waals surface area contributed by atoms with Crippen LogP contribution < -0.4 is 15.6 Å². The molecule has 0 atom stereocenters. The maximum Gasteiger partial charge on any atom is 0.284 e. The zero-order chi connectivity index (χ0) is 22.0. The second kappa shape index (κ2) is 8.39. The Hall–Kier alpha value is -4.01. The molecule has 0 aliphatic heterocycles. The van der Waals surface area contributed by atoms with Crippen molar-refractivity contribution in [3.63, 3.8) is 0 Å². The highest BCUT2D eigenvalue weighted by molar-refractivity contribution is 5.92. The number of benzene rings is 2. The average Bonchev–Trinajstić information content (AvgIpc) is 3.19. The monoisotopic (exact) mass is 418 g/mol. The molecule has 2 heterocycles. The van der Waals surface area contributed by atoms with Gasteiger partial charge in [-0.15, -0.1) is 5.10 Å². The Kier molecular flexibility index (Phi) is 5.48. The van der Waals surface area contributed by atoms with E-state index in [2.05, 4.69) is 20.6 Å². The molecule has 0 saturated carbocycles. The van der Waals surface area contributed by atoms with Gasteiger partial charge in [-0.05, 0) is 56.2 Å². The summed E-state index contributed by atoms with van der Waals surface area (Å²) < 4.78 is 8.24. The summed E-state index contributed by atoms with van der Waals surface area (Å²) in [6, 6.07) is 13.0. The van der Waals surface area contributed by atoms with Crippen LogP contribution >= 0.6 is 0 Å². The van der Waals surface area contributed by atoms with E-state index in [4.69, 9.17) is 4.74 Å². The first-order valence-corrected chi connectivity index (χ1v) is 9.88. The minimum Gasteiger partial charge on any atom is -0.492 e. The van der Waals surface area contributed by atoms with Crippen molar-refractivity contribution in [2.45, 2.75) is 27.3 Å². The molecule has 9 nitrogen and oxygen atoms in total. The number of anilines is 1. The summed E-state index contributed by atoms with van der Waals surface area (Å²) in [6.07, 6.45) is 1.33. The molecule has 0 spiro atoms. The fourth-order valence-electron chi connectivity index (χ4n) is 3.18. The molecule has 0 bridgehead atoms. The van der Waals surface area contributed by atoms with Crippen molar-refractivity contribution < 1.29 is 9.53 Å². The number of fused-ring (bicyclic) bond motifs is 1. The summed E-state index contributed by atoms with van der Waals surface area (Å²) in [5.41, 5.74) is 3.56. The van der Waals surface area contributed by atoms with Gasteiger partial charge in [0, 0.05) is 0 Å². The van der Waals surface area contributed by atoms with Crippen molar-refractivity contribution in [2.75, 3.05) is 11.9 Å². The maximum atomic E-state index is 12.9. The number of carbonyl (C=O) groups is 1. The molecule has 1 N–H and O–H groups in total. The fourth-order valence-corrected chi connectivity index (χ4v) is 3.18. The van der Waals surface area contributed by atoms with E-state index in [0.29, 0.717) is 23.7 Å². The molecule has 0 aliphatic rings. The lowest BCUT2D eigenvalue weighted by Gasteiger charge is -2.11. The molecule has 0 fully saturated rings. The molecular formula is C22H22N6O3. The Morgan fingerprint density at radius 2 is 1.94 bits per heavy atom. The van der Waals surface area contributed by atoms with Gasteiger partial charge in [-0.25, -0.2) is 4.98 Å². The number of hydrogen-bond donors (Lipinski definition) is 1. The second-order valence-electron chi connectivity index (χ2n) is 7.10. The predicted molar refractivity (Wildman–Crippen MR) is 117 cm³/mol. The molecule has 1 amide bonds. The highest BCUT2D eigenvalue weighted by atomic mass is 16.5. The van der Waals surface area contributed by atoms with Gasteiger partial charge in [0.2, 0.25) is 5.91 Å². The van der Waals surface area contributed by atoms with Crippen molar-refractivity contribution in [1.82, 2.24) is 24.5 Å². The Morgan fingerprint density at radius 1 is 1.13 bits per heavy atom. The summed E-state index contributed by atoms with van der Waals surface area (Å²) in [6.45, 7) is 6.15. The summed E-state index contributed by atoms with van der Waals surface area (Å²) in [5, 5.41) is 10.9. The highest BCUT2D eigenvalue weighted by Gasteiger charge is 2.16. The van der Waals surface area contributed by atoms with E-state index < -0.39 is 5.56 Å². The van der Waals surface area contributed by atoms with Gasteiger partial charge >= 0.3 is 0 Å². The van der Waals surface area contributed by atoms with Gasteiger partial charge in [0.25, 0.3) is 5.56 Å². The number of carbonyl (C=O) groups excluding carboxylic acids is 1. The summed E-state index contributed by atoms with van der Waals surface area (Å²) >= 11 is 0. The molecule has 158 valence electrons. The van der Waals surface area contributed by atoms with Crippen molar-refractivity contribution in [2.24, 2.45) is 0 Å². The van der Waals surface area contributed by atoms with Crippen LogP contribution in [0.25, 0.3) is 16.9 Å². The van der Waals surface area contributed by atoms with Gasteiger partial charge in [0.15, 0.2) is 11.2 Å².